The molecule has 3 heteroatoms. The predicted molar refractivity (Wildman–Crippen MR) is 81.1 cm³/mol. The van der Waals surface area contributed by atoms with Crippen molar-refractivity contribution in [3.63, 3.8) is 0 Å². The van der Waals surface area contributed by atoms with Gasteiger partial charge in [0.25, 0.3) is 0 Å². The van der Waals surface area contributed by atoms with Crippen LogP contribution >= 0.6 is 34.4 Å². The summed E-state index contributed by atoms with van der Waals surface area (Å²) in [6.07, 6.45) is 2.64. The summed E-state index contributed by atoms with van der Waals surface area (Å²) in [6, 6.07) is 10.0. The van der Waals surface area contributed by atoms with Gasteiger partial charge in [0, 0.05) is 15.7 Å². The Morgan fingerprint density at radius 3 is 2.50 bits per heavy atom. The first-order valence-corrected chi connectivity index (χ1v) is 8.08. The Balaban J connectivity index is 1.91. The van der Waals surface area contributed by atoms with Crippen molar-refractivity contribution < 1.29 is 0 Å². The molecule has 1 nitrogen and oxygen atoms in total. The maximum Gasteiger partial charge on any atom is 0.0294 e. The van der Waals surface area contributed by atoms with Gasteiger partial charge in [-0.3, -0.25) is 0 Å². The summed E-state index contributed by atoms with van der Waals surface area (Å²) in [5, 5.41) is 3.74. The molecular weight excluding hydrogens is 329 g/mol. The van der Waals surface area contributed by atoms with E-state index in [1.54, 1.807) is 0 Å². The lowest BCUT2D eigenvalue weighted by atomic mass is 10.1. The summed E-state index contributed by atoms with van der Waals surface area (Å²) in [5.41, 5.74) is 1.40. The summed E-state index contributed by atoms with van der Waals surface area (Å²) in [7, 11) is 0. The molecule has 0 spiro atoms. The zero-order valence-electron chi connectivity index (χ0n) is 9.58. The van der Waals surface area contributed by atoms with Gasteiger partial charge in [0.15, 0.2) is 0 Å². The Kier molecular flexibility index (Phi) is 4.97. The van der Waals surface area contributed by atoms with Gasteiger partial charge in [0.2, 0.25) is 0 Å². The number of benzene rings is 1. The maximum atomic E-state index is 3.74. The van der Waals surface area contributed by atoms with Gasteiger partial charge >= 0.3 is 0 Å². The van der Waals surface area contributed by atoms with Crippen LogP contribution < -0.4 is 5.32 Å². The molecule has 1 aromatic rings. The number of halogens is 1. The highest BCUT2D eigenvalue weighted by atomic mass is 127. The topological polar surface area (TPSA) is 12.0 Å². The van der Waals surface area contributed by atoms with Gasteiger partial charge in [-0.05, 0) is 71.6 Å². The quantitative estimate of drug-likeness (QED) is 0.834. The minimum absolute atomic E-state index is 0.477. The fourth-order valence-corrected chi connectivity index (χ4v) is 3.53. The molecule has 1 heterocycles. The first-order chi connectivity index (χ1) is 7.75. The van der Waals surface area contributed by atoms with E-state index in [0.29, 0.717) is 6.04 Å². The molecule has 1 aliphatic heterocycles. The van der Waals surface area contributed by atoms with E-state index in [9.17, 15) is 0 Å². The second kappa shape index (κ2) is 6.26. The number of hydrogen-bond acceptors (Lipinski definition) is 2. The van der Waals surface area contributed by atoms with Crippen molar-refractivity contribution >= 4 is 34.4 Å². The second-order valence-electron chi connectivity index (χ2n) is 4.33. The van der Waals surface area contributed by atoms with Crippen molar-refractivity contribution in [3.05, 3.63) is 33.4 Å². The molecule has 16 heavy (non-hydrogen) atoms. The molecule has 1 atom stereocenters. The van der Waals surface area contributed by atoms with Gasteiger partial charge in [-0.15, -0.1) is 0 Å². The van der Waals surface area contributed by atoms with Crippen molar-refractivity contribution in [1.29, 1.82) is 0 Å². The Morgan fingerprint density at radius 1 is 1.25 bits per heavy atom. The highest BCUT2D eigenvalue weighted by Crippen LogP contribution is 2.21. The molecule has 1 aromatic carbocycles. The Morgan fingerprint density at radius 2 is 1.88 bits per heavy atom. The number of thioether (sulfide) groups is 1. The molecule has 1 N–H and O–H groups in total. The van der Waals surface area contributed by atoms with Crippen LogP contribution in [0.5, 0.6) is 0 Å². The second-order valence-corrected chi connectivity index (χ2v) is 6.80. The highest BCUT2D eigenvalue weighted by Gasteiger charge is 2.16. The largest absolute Gasteiger partial charge is 0.307 e. The van der Waals surface area contributed by atoms with E-state index in [1.807, 2.05) is 0 Å². The number of nitrogens with one attached hydrogen (secondary N) is 1. The van der Waals surface area contributed by atoms with Crippen molar-refractivity contribution in [3.8, 4) is 0 Å². The first-order valence-electron chi connectivity index (χ1n) is 5.85. The summed E-state index contributed by atoms with van der Waals surface area (Å²) in [5.74, 6) is 2.63. The normalized spacial score (nSPS) is 19.6. The van der Waals surface area contributed by atoms with Crippen molar-refractivity contribution in [2.24, 2.45) is 0 Å². The van der Waals surface area contributed by atoms with Gasteiger partial charge < -0.3 is 5.32 Å². The molecule has 88 valence electrons. The third-order valence-electron chi connectivity index (χ3n) is 3.08. The fraction of sp³-hybridized carbons (Fsp3) is 0.538. The molecule has 2 rings (SSSR count). The minimum atomic E-state index is 0.477. The smallest absolute Gasteiger partial charge is 0.0294 e. The average Bonchev–Trinajstić information content (AvgIpc) is 2.31. The lowest BCUT2D eigenvalue weighted by molar-refractivity contribution is 0.431. The van der Waals surface area contributed by atoms with Crippen LogP contribution in [0.25, 0.3) is 0 Å². The van der Waals surface area contributed by atoms with E-state index in [2.05, 4.69) is 70.9 Å². The molecule has 0 bridgehead atoms. The maximum absolute atomic E-state index is 3.74. The first kappa shape index (κ1) is 12.7. The molecule has 1 aliphatic rings. The fourth-order valence-electron chi connectivity index (χ4n) is 2.07. The Labute approximate surface area is 116 Å². The average molecular weight is 347 g/mol. The van der Waals surface area contributed by atoms with Gasteiger partial charge in [0.05, 0.1) is 0 Å². The van der Waals surface area contributed by atoms with Crippen LogP contribution in [0.2, 0.25) is 0 Å². The summed E-state index contributed by atoms with van der Waals surface area (Å²) >= 11 is 4.43. The molecule has 0 radical (unpaired) electrons. The van der Waals surface area contributed by atoms with Crippen LogP contribution in [-0.2, 0) is 0 Å². The van der Waals surface area contributed by atoms with Crippen molar-refractivity contribution in [2.45, 2.75) is 31.8 Å². The number of rotatable bonds is 3. The standard InChI is InChI=1S/C13H18INS/c1-10(11-2-4-12(14)5-3-11)15-13-6-8-16-9-7-13/h2-5,10,13,15H,6-9H2,1H3. The number of hydrogen-bond donors (Lipinski definition) is 1. The van der Waals surface area contributed by atoms with Gasteiger partial charge in [-0.25, -0.2) is 0 Å². The van der Waals surface area contributed by atoms with Crippen LogP contribution in [0.4, 0.5) is 0 Å². The van der Waals surface area contributed by atoms with E-state index < -0.39 is 0 Å². The van der Waals surface area contributed by atoms with Gasteiger partial charge in [0.1, 0.15) is 0 Å². The zero-order chi connectivity index (χ0) is 11.4. The third-order valence-corrected chi connectivity index (χ3v) is 4.84. The predicted octanol–water partition coefficient (Wildman–Crippen LogP) is 3.84. The van der Waals surface area contributed by atoms with E-state index in [0.717, 1.165) is 6.04 Å². The summed E-state index contributed by atoms with van der Waals surface area (Å²) < 4.78 is 1.31. The van der Waals surface area contributed by atoms with Gasteiger partial charge in [-0.1, -0.05) is 12.1 Å². The van der Waals surface area contributed by atoms with Crippen molar-refractivity contribution in [1.82, 2.24) is 5.32 Å². The van der Waals surface area contributed by atoms with Crippen molar-refractivity contribution in [2.75, 3.05) is 11.5 Å². The third kappa shape index (κ3) is 3.64. The summed E-state index contributed by atoms with van der Waals surface area (Å²) in [6.45, 7) is 2.27. The van der Waals surface area contributed by atoms with Crippen LogP contribution in [0.3, 0.4) is 0 Å². The highest BCUT2D eigenvalue weighted by molar-refractivity contribution is 14.1. The van der Waals surface area contributed by atoms with Crippen LogP contribution in [0, 0.1) is 3.57 Å². The van der Waals surface area contributed by atoms with E-state index in [1.165, 1.54) is 33.5 Å². The molecule has 0 aromatic heterocycles. The van der Waals surface area contributed by atoms with E-state index >= 15 is 0 Å². The monoisotopic (exact) mass is 347 g/mol. The molecular formula is C13H18INS. The lowest BCUT2D eigenvalue weighted by Gasteiger charge is -2.26. The molecule has 1 saturated heterocycles. The molecule has 1 unspecified atom stereocenters. The molecule has 0 aliphatic carbocycles. The van der Waals surface area contributed by atoms with Crippen LogP contribution in [0.15, 0.2) is 24.3 Å². The van der Waals surface area contributed by atoms with Crippen LogP contribution in [0.1, 0.15) is 31.4 Å². The Bertz CT molecular complexity index is 319. The minimum Gasteiger partial charge on any atom is -0.307 e. The zero-order valence-corrected chi connectivity index (χ0v) is 12.6. The van der Waals surface area contributed by atoms with Gasteiger partial charge in [-0.2, -0.15) is 11.8 Å². The summed E-state index contributed by atoms with van der Waals surface area (Å²) in [4.78, 5) is 0. The SMILES string of the molecule is CC(NC1CCSCC1)c1ccc(I)cc1. The molecule has 1 fully saturated rings. The van der Waals surface area contributed by atoms with E-state index in [-0.39, 0.29) is 0 Å². The lowest BCUT2D eigenvalue weighted by Crippen LogP contribution is -2.34. The Hall–Kier alpha value is 0.260. The molecule has 0 saturated carbocycles. The van der Waals surface area contributed by atoms with Crippen LogP contribution in [-0.4, -0.2) is 17.5 Å². The van der Waals surface area contributed by atoms with E-state index in [4.69, 9.17) is 0 Å². The molecule has 0 amide bonds.